The van der Waals surface area contributed by atoms with Crippen molar-refractivity contribution in [3.63, 3.8) is 0 Å². The average molecular weight is 797 g/mol. The zero-order valence-corrected chi connectivity index (χ0v) is 33.1. The second-order valence-electron chi connectivity index (χ2n) is 15.0. The zero-order valence-electron chi connectivity index (χ0n) is 30.7. The van der Waals surface area contributed by atoms with Crippen molar-refractivity contribution in [2.75, 3.05) is 19.1 Å². The number of ether oxygens (including phenoxy) is 2. The number of hydrogen-bond acceptors (Lipinski definition) is 10. The van der Waals surface area contributed by atoms with Crippen molar-refractivity contribution in [3.05, 3.63) is 86.6 Å². The highest BCUT2D eigenvalue weighted by Crippen LogP contribution is 2.64. The number of allylic oxidation sites excluding steroid dienone is 2. The minimum atomic E-state index is -1.32. The molecule has 2 aliphatic carbocycles. The van der Waals surface area contributed by atoms with Crippen LogP contribution in [-0.2, 0) is 32.8 Å². The normalized spacial score (nSPS) is 26.1. The van der Waals surface area contributed by atoms with E-state index in [-0.39, 0.29) is 42.0 Å². The highest BCUT2D eigenvalue weighted by Gasteiger charge is 2.68. The standard InChI is InChI=1S/C41H37ClN4O7S2/c1-19-25-15-21(42)8-11-31(25)55-36(19)28-17-32(44(3)43-28)46-38(49)27-16-26-23(9-10-24-33(26)39(50)45(37(24)48)18-22-7-6-12-54-22)34(41(27,2)40(46)51)20-13-29(52-4)35(47)30(14-20)53-5/h6-9,11-15,17,24,26-27,33-34,47H,10,16,18H2,1-5H3/t24-,26+,27-,33-,34-,41+/m0/s1. The second-order valence-corrected chi connectivity index (χ2v) is 17.5. The summed E-state index contributed by atoms with van der Waals surface area (Å²) >= 11 is 9.38. The average Bonchev–Trinajstić information content (AvgIpc) is 3.98. The molecule has 282 valence electrons. The number of carbonyl (C=O) groups is 4. The Kier molecular flexibility index (Phi) is 8.30. The van der Waals surface area contributed by atoms with Crippen molar-refractivity contribution in [2.45, 2.75) is 39.2 Å². The molecule has 14 heteroatoms. The van der Waals surface area contributed by atoms with Crippen LogP contribution in [0.3, 0.4) is 0 Å². The molecule has 1 saturated carbocycles. The number of rotatable bonds is 7. The lowest BCUT2D eigenvalue weighted by molar-refractivity contribution is -0.141. The van der Waals surface area contributed by atoms with Crippen molar-refractivity contribution in [2.24, 2.45) is 36.1 Å². The largest absolute Gasteiger partial charge is 0.502 e. The molecule has 6 atom stereocenters. The number of phenolic OH excluding ortho intramolecular Hbond substituents is 1. The van der Waals surface area contributed by atoms with Crippen LogP contribution in [0.15, 0.2) is 65.6 Å². The molecule has 0 unspecified atom stereocenters. The minimum Gasteiger partial charge on any atom is -0.502 e. The number of likely N-dealkylation sites (tertiary alicyclic amines) is 1. The van der Waals surface area contributed by atoms with Crippen molar-refractivity contribution in [1.29, 1.82) is 0 Å². The summed E-state index contributed by atoms with van der Waals surface area (Å²) in [4.78, 5) is 62.8. The molecule has 0 bridgehead atoms. The molecule has 2 aromatic carbocycles. The Bertz CT molecular complexity index is 2480. The number of nitrogens with zero attached hydrogens (tertiary/aromatic N) is 4. The van der Waals surface area contributed by atoms with Gasteiger partial charge in [-0.25, -0.2) is 4.90 Å². The Morgan fingerprint density at radius 1 is 1.00 bits per heavy atom. The number of hydrogen-bond donors (Lipinski definition) is 1. The molecular weight excluding hydrogens is 760 g/mol. The molecule has 5 aromatic rings. The van der Waals surface area contributed by atoms with Crippen molar-refractivity contribution in [1.82, 2.24) is 14.7 Å². The molecular formula is C41H37ClN4O7S2. The highest BCUT2D eigenvalue weighted by molar-refractivity contribution is 7.22. The number of amides is 4. The molecule has 2 aliphatic heterocycles. The third-order valence-electron chi connectivity index (χ3n) is 12.3. The summed E-state index contributed by atoms with van der Waals surface area (Å²) in [5.74, 6) is -4.17. The zero-order chi connectivity index (χ0) is 38.7. The smallest absolute Gasteiger partial charge is 0.242 e. The van der Waals surface area contributed by atoms with Gasteiger partial charge in [0.25, 0.3) is 0 Å². The van der Waals surface area contributed by atoms with E-state index in [1.165, 1.54) is 35.4 Å². The number of imide groups is 2. The molecule has 3 fully saturated rings. The van der Waals surface area contributed by atoms with E-state index in [4.69, 9.17) is 26.2 Å². The van der Waals surface area contributed by atoms with Crippen LogP contribution in [0.5, 0.6) is 17.2 Å². The predicted octanol–water partition coefficient (Wildman–Crippen LogP) is 7.48. The number of aryl methyl sites for hydroxylation is 2. The van der Waals surface area contributed by atoms with Gasteiger partial charge in [0.15, 0.2) is 11.5 Å². The van der Waals surface area contributed by atoms with Gasteiger partial charge in [0.05, 0.1) is 48.8 Å². The third-order valence-corrected chi connectivity index (χ3v) is 14.7. The first kappa shape index (κ1) is 35.7. The van der Waals surface area contributed by atoms with E-state index >= 15 is 4.79 Å². The SMILES string of the molecule is COc1cc([C@H]2C3=CC[C@@H]4C(=O)N(Cc5cccs5)C(=O)[C@@H]4[C@@H]3C[C@H]3C(=O)N(c4cc(-c5sc6ccc(Cl)cc6c5C)nn4C)C(=O)[C@@]23C)cc(OC)c1O. The van der Waals surface area contributed by atoms with Crippen LogP contribution in [0.2, 0.25) is 5.02 Å². The summed E-state index contributed by atoms with van der Waals surface area (Å²) in [7, 11) is 4.58. The first-order valence-electron chi connectivity index (χ1n) is 18.0. The molecule has 9 rings (SSSR count). The molecule has 55 heavy (non-hydrogen) atoms. The summed E-state index contributed by atoms with van der Waals surface area (Å²) in [6.45, 7) is 4.02. The Hall–Kier alpha value is -4.98. The number of aromatic hydroxyl groups is 1. The number of thiophene rings is 2. The van der Waals surface area contributed by atoms with Gasteiger partial charge in [-0.3, -0.25) is 28.8 Å². The van der Waals surface area contributed by atoms with Crippen LogP contribution in [0, 0.1) is 36.0 Å². The Morgan fingerprint density at radius 3 is 2.44 bits per heavy atom. The van der Waals surface area contributed by atoms with Crippen LogP contribution < -0.4 is 14.4 Å². The summed E-state index contributed by atoms with van der Waals surface area (Å²) in [6.07, 6.45) is 2.53. The number of halogens is 1. The van der Waals surface area contributed by atoms with E-state index in [9.17, 15) is 19.5 Å². The fourth-order valence-electron chi connectivity index (χ4n) is 9.69. The molecule has 4 amide bonds. The molecule has 5 heterocycles. The number of benzene rings is 2. The number of phenols is 1. The molecule has 0 radical (unpaired) electrons. The number of aromatic nitrogens is 2. The number of anilines is 1. The lowest BCUT2D eigenvalue weighted by atomic mass is 9.51. The number of carbonyl (C=O) groups excluding carboxylic acids is 4. The Balaban J connectivity index is 1.17. The molecule has 0 spiro atoms. The van der Waals surface area contributed by atoms with E-state index in [0.717, 1.165) is 31.0 Å². The topological polar surface area (TPSA) is 131 Å². The van der Waals surface area contributed by atoms with Crippen molar-refractivity contribution >= 4 is 73.8 Å². The maximum absolute atomic E-state index is 15.2. The monoisotopic (exact) mass is 796 g/mol. The Labute approximate surface area is 329 Å². The van der Waals surface area contributed by atoms with Gasteiger partial charge in [0.2, 0.25) is 29.4 Å². The van der Waals surface area contributed by atoms with Gasteiger partial charge < -0.3 is 14.6 Å². The van der Waals surface area contributed by atoms with Crippen LogP contribution in [-0.4, -0.2) is 57.6 Å². The molecule has 1 N–H and O–H groups in total. The quantitative estimate of drug-likeness (QED) is 0.133. The molecule has 3 aromatic heterocycles. The summed E-state index contributed by atoms with van der Waals surface area (Å²) in [5, 5.41) is 19.3. The molecule has 11 nitrogen and oxygen atoms in total. The van der Waals surface area contributed by atoms with Gasteiger partial charge in [-0.2, -0.15) is 5.10 Å². The highest BCUT2D eigenvalue weighted by atomic mass is 35.5. The summed E-state index contributed by atoms with van der Waals surface area (Å²) < 4.78 is 13.7. The molecule has 2 saturated heterocycles. The van der Waals surface area contributed by atoms with Gasteiger partial charge in [-0.15, -0.1) is 22.7 Å². The lowest BCUT2D eigenvalue weighted by Gasteiger charge is -2.49. The van der Waals surface area contributed by atoms with E-state index < -0.39 is 46.8 Å². The maximum atomic E-state index is 15.2. The first-order valence-corrected chi connectivity index (χ1v) is 20.1. The molecule has 4 aliphatic rings. The van der Waals surface area contributed by atoms with Crippen LogP contribution >= 0.6 is 34.3 Å². The van der Waals surface area contributed by atoms with Gasteiger partial charge in [0.1, 0.15) is 11.5 Å². The van der Waals surface area contributed by atoms with Gasteiger partial charge >= 0.3 is 0 Å². The van der Waals surface area contributed by atoms with Crippen LogP contribution in [0.4, 0.5) is 5.82 Å². The lowest BCUT2D eigenvalue weighted by Crippen LogP contribution is -2.48. The first-order chi connectivity index (χ1) is 26.4. The number of fused-ring (bicyclic) bond motifs is 5. The fraction of sp³-hybridized carbons (Fsp3) is 0.341. The fourth-order valence-corrected chi connectivity index (χ4v) is 11.7. The Morgan fingerprint density at radius 2 is 1.75 bits per heavy atom. The van der Waals surface area contributed by atoms with Crippen molar-refractivity contribution < 1.29 is 33.8 Å². The van der Waals surface area contributed by atoms with Gasteiger partial charge in [-0.1, -0.05) is 29.3 Å². The van der Waals surface area contributed by atoms with Gasteiger partial charge in [0, 0.05) is 33.6 Å². The predicted molar refractivity (Wildman–Crippen MR) is 209 cm³/mol. The summed E-state index contributed by atoms with van der Waals surface area (Å²) in [6, 6.07) is 14.7. The maximum Gasteiger partial charge on any atom is 0.242 e. The van der Waals surface area contributed by atoms with Crippen LogP contribution in [0.25, 0.3) is 20.7 Å². The van der Waals surface area contributed by atoms with E-state index in [1.54, 1.807) is 41.3 Å². The van der Waals surface area contributed by atoms with Gasteiger partial charge in [-0.05, 0) is 90.9 Å². The summed E-state index contributed by atoms with van der Waals surface area (Å²) in [5.41, 5.74) is 1.71. The van der Waals surface area contributed by atoms with E-state index in [0.29, 0.717) is 28.5 Å². The van der Waals surface area contributed by atoms with E-state index in [2.05, 4.69) is 0 Å². The third kappa shape index (κ3) is 5.08. The minimum absolute atomic E-state index is 0.144. The van der Waals surface area contributed by atoms with Crippen LogP contribution in [0.1, 0.15) is 41.7 Å². The second kappa shape index (κ2) is 12.8. The van der Waals surface area contributed by atoms with Crippen molar-refractivity contribution in [3.8, 4) is 27.8 Å². The van der Waals surface area contributed by atoms with E-state index in [1.807, 2.05) is 55.6 Å². The number of methoxy groups -OCH3 is 2.